The van der Waals surface area contributed by atoms with E-state index in [1.54, 1.807) is 6.08 Å². The standard InChI is InChI=1S/C8H16O.C2H2O.H2O4S/c1-3-5-6-8-9-7-4-2;1-2-3;1-5(2,3)4/h4H,2-3,5-8H2,1H3;1H2;(H2,1,2,3,4). The maximum absolute atomic E-state index is 8.74. The zero-order valence-corrected chi connectivity index (χ0v) is 10.8. The van der Waals surface area contributed by atoms with Gasteiger partial charge in [0, 0.05) is 6.61 Å². The van der Waals surface area contributed by atoms with E-state index in [4.69, 9.17) is 27.1 Å². The highest BCUT2D eigenvalue weighted by Gasteiger charge is 1.84. The first kappa shape index (κ1) is 21.3. The highest BCUT2D eigenvalue weighted by atomic mass is 32.3. The van der Waals surface area contributed by atoms with E-state index in [1.807, 2.05) is 0 Å². The molecule has 0 saturated heterocycles. The fourth-order valence-corrected chi connectivity index (χ4v) is 0.621. The minimum Gasteiger partial charge on any atom is -0.377 e. The maximum atomic E-state index is 8.74. The summed E-state index contributed by atoms with van der Waals surface area (Å²) in [5.74, 6) is 1.25. The van der Waals surface area contributed by atoms with Gasteiger partial charge in [-0.3, -0.25) is 9.11 Å². The van der Waals surface area contributed by atoms with Crippen LogP contribution in [-0.2, 0) is 19.9 Å². The summed E-state index contributed by atoms with van der Waals surface area (Å²) in [5.41, 5.74) is 0. The van der Waals surface area contributed by atoms with Crippen molar-refractivity contribution in [1.82, 2.24) is 0 Å². The quantitative estimate of drug-likeness (QED) is 0.329. The summed E-state index contributed by atoms with van der Waals surface area (Å²) in [5, 5.41) is 0. The molecule has 0 atom stereocenters. The van der Waals surface area contributed by atoms with Gasteiger partial charge in [0.25, 0.3) is 0 Å². The van der Waals surface area contributed by atoms with Gasteiger partial charge in [-0.1, -0.05) is 25.8 Å². The lowest BCUT2D eigenvalue weighted by atomic mass is 10.3. The van der Waals surface area contributed by atoms with E-state index in [2.05, 4.69) is 20.1 Å². The fourth-order valence-electron chi connectivity index (χ4n) is 0.621. The van der Waals surface area contributed by atoms with E-state index >= 15 is 0 Å². The third kappa shape index (κ3) is 101. The van der Waals surface area contributed by atoms with E-state index in [1.165, 1.54) is 25.2 Å². The Balaban J connectivity index is -0.000000207. The molecule has 0 fully saturated rings. The van der Waals surface area contributed by atoms with Gasteiger partial charge >= 0.3 is 10.4 Å². The molecule has 7 heteroatoms. The molecule has 0 aliphatic rings. The topological polar surface area (TPSA) is 101 Å². The Kier molecular flexibility index (Phi) is 21.8. The average molecular weight is 268 g/mol. The molecule has 102 valence electrons. The molecule has 0 spiro atoms. The Morgan fingerprint density at radius 3 is 2.06 bits per heavy atom. The molecule has 0 bridgehead atoms. The summed E-state index contributed by atoms with van der Waals surface area (Å²) in [6.45, 7) is 10.0. The Morgan fingerprint density at radius 2 is 1.76 bits per heavy atom. The molecule has 0 rings (SSSR count). The molecule has 0 aliphatic heterocycles. The Bertz CT molecular complexity index is 269. The second-order valence-electron chi connectivity index (χ2n) is 2.66. The lowest BCUT2D eigenvalue weighted by Gasteiger charge is -1.97. The molecule has 0 aromatic rings. The summed E-state index contributed by atoms with van der Waals surface area (Å²) in [6.07, 6.45) is 5.50. The summed E-state index contributed by atoms with van der Waals surface area (Å²) in [7, 11) is -4.67. The molecular weight excluding hydrogens is 248 g/mol. The molecular formula is C10H20O6S. The number of hydrogen-bond donors (Lipinski definition) is 2. The third-order valence-electron chi connectivity index (χ3n) is 1.13. The van der Waals surface area contributed by atoms with Crippen LogP contribution in [0.1, 0.15) is 26.2 Å². The zero-order chi connectivity index (χ0) is 14.2. The summed E-state index contributed by atoms with van der Waals surface area (Å²) in [4.78, 5) is 8.57. The highest BCUT2D eigenvalue weighted by molar-refractivity contribution is 7.79. The van der Waals surface area contributed by atoms with Gasteiger partial charge < -0.3 is 4.74 Å². The summed E-state index contributed by atoms with van der Waals surface area (Å²) >= 11 is 0. The van der Waals surface area contributed by atoms with Crippen LogP contribution in [0.4, 0.5) is 0 Å². The Labute approximate surface area is 103 Å². The number of rotatable bonds is 6. The molecule has 0 aromatic carbocycles. The van der Waals surface area contributed by atoms with E-state index in [0.29, 0.717) is 6.61 Å². The first-order valence-electron chi connectivity index (χ1n) is 4.86. The molecule has 17 heavy (non-hydrogen) atoms. The largest absolute Gasteiger partial charge is 0.394 e. The summed E-state index contributed by atoms with van der Waals surface area (Å²) < 4.78 is 36.8. The van der Waals surface area contributed by atoms with Crippen LogP contribution in [0.15, 0.2) is 19.2 Å². The normalized spacial score (nSPS) is 8.88. The lowest BCUT2D eigenvalue weighted by Crippen LogP contribution is -1.92. The fraction of sp³-hybridized carbons (Fsp3) is 0.600. The molecule has 0 aromatic heterocycles. The van der Waals surface area contributed by atoms with Crippen molar-refractivity contribution >= 4 is 16.3 Å². The monoisotopic (exact) mass is 268 g/mol. The van der Waals surface area contributed by atoms with Gasteiger partial charge in [0.1, 0.15) is 5.94 Å². The van der Waals surface area contributed by atoms with Gasteiger partial charge in [-0.2, -0.15) is 8.42 Å². The zero-order valence-electron chi connectivity index (χ0n) is 9.96. The van der Waals surface area contributed by atoms with Crippen molar-refractivity contribution in [3.8, 4) is 0 Å². The number of unbranched alkanes of at least 4 members (excludes halogenated alkanes) is 2. The number of carbonyl (C=O) groups excluding carboxylic acids is 1. The van der Waals surface area contributed by atoms with Gasteiger partial charge in [-0.05, 0) is 13.0 Å². The van der Waals surface area contributed by atoms with E-state index in [0.717, 1.165) is 6.61 Å². The van der Waals surface area contributed by atoms with Crippen LogP contribution in [0.5, 0.6) is 0 Å². The van der Waals surface area contributed by atoms with Crippen LogP contribution in [0.2, 0.25) is 0 Å². The van der Waals surface area contributed by atoms with Gasteiger partial charge in [0.05, 0.1) is 6.61 Å². The van der Waals surface area contributed by atoms with Crippen molar-refractivity contribution in [3.63, 3.8) is 0 Å². The molecule has 0 amide bonds. The Morgan fingerprint density at radius 1 is 1.35 bits per heavy atom. The minimum atomic E-state index is -4.67. The van der Waals surface area contributed by atoms with Crippen molar-refractivity contribution in [2.75, 3.05) is 13.2 Å². The van der Waals surface area contributed by atoms with Crippen LogP contribution < -0.4 is 0 Å². The Hall–Kier alpha value is -0.980. The smallest absolute Gasteiger partial charge is 0.377 e. The van der Waals surface area contributed by atoms with Crippen LogP contribution in [0.3, 0.4) is 0 Å². The van der Waals surface area contributed by atoms with Gasteiger partial charge in [0.2, 0.25) is 0 Å². The number of hydrogen-bond acceptors (Lipinski definition) is 4. The van der Waals surface area contributed by atoms with E-state index < -0.39 is 10.4 Å². The average Bonchev–Trinajstić information content (AvgIpc) is 2.16. The molecule has 0 unspecified atom stereocenters. The predicted octanol–water partition coefficient (Wildman–Crippen LogP) is 1.73. The van der Waals surface area contributed by atoms with Gasteiger partial charge in [-0.25, -0.2) is 4.79 Å². The molecule has 0 aliphatic carbocycles. The molecule has 0 heterocycles. The van der Waals surface area contributed by atoms with Crippen LogP contribution >= 0.6 is 0 Å². The van der Waals surface area contributed by atoms with Crippen molar-refractivity contribution in [2.24, 2.45) is 0 Å². The maximum Gasteiger partial charge on any atom is 0.394 e. The van der Waals surface area contributed by atoms with Gasteiger partial charge in [-0.15, -0.1) is 6.58 Å². The predicted molar refractivity (Wildman–Crippen MR) is 66.0 cm³/mol. The first-order valence-corrected chi connectivity index (χ1v) is 6.25. The highest BCUT2D eigenvalue weighted by Crippen LogP contribution is 1.93. The van der Waals surface area contributed by atoms with Crippen LogP contribution in [0.25, 0.3) is 0 Å². The van der Waals surface area contributed by atoms with E-state index in [9.17, 15) is 0 Å². The third-order valence-corrected chi connectivity index (χ3v) is 1.13. The van der Waals surface area contributed by atoms with Gasteiger partial charge in [0.15, 0.2) is 0 Å². The molecule has 6 nitrogen and oxygen atoms in total. The van der Waals surface area contributed by atoms with Crippen molar-refractivity contribution in [1.29, 1.82) is 0 Å². The van der Waals surface area contributed by atoms with Crippen molar-refractivity contribution in [3.05, 3.63) is 19.2 Å². The molecule has 2 N–H and O–H groups in total. The van der Waals surface area contributed by atoms with E-state index in [-0.39, 0.29) is 0 Å². The van der Waals surface area contributed by atoms with Crippen molar-refractivity contribution in [2.45, 2.75) is 26.2 Å². The molecule has 0 radical (unpaired) electrons. The minimum absolute atomic E-state index is 0.698. The number of ether oxygens (including phenoxy) is 1. The lowest BCUT2D eigenvalue weighted by molar-refractivity contribution is 0.158. The molecule has 0 saturated carbocycles. The van der Waals surface area contributed by atoms with Crippen LogP contribution in [-0.4, -0.2) is 36.7 Å². The van der Waals surface area contributed by atoms with Crippen LogP contribution in [0, 0.1) is 0 Å². The second kappa shape index (κ2) is 17.4. The summed E-state index contributed by atoms with van der Waals surface area (Å²) in [6, 6.07) is 0. The second-order valence-corrected chi connectivity index (χ2v) is 3.56. The SMILES string of the molecule is C=C=O.C=CCOCCCCC.O=S(=O)(O)O. The first-order chi connectivity index (χ1) is 7.83. The van der Waals surface area contributed by atoms with Crippen molar-refractivity contribution < 1.29 is 27.1 Å².